The first-order valence-electron chi connectivity index (χ1n) is 5.93. The molecule has 0 saturated carbocycles. The molecule has 0 radical (unpaired) electrons. The number of ether oxygens (including phenoxy) is 1. The maximum absolute atomic E-state index is 5.66. The van der Waals surface area contributed by atoms with Gasteiger partial charge in [-0.05, 0) is 25.3 Å². The lowest BCUT2D eigenvalue weighted by Gasteiger charge is -2.33. The summed E-state index contributed by atoms with van der Waals surface area (Å²) >= 11 is 0. The lowest BCUT2D eigenvalue weighted by atomic mass is 10.0. The summed E-state index contributed by atoms with van der Waals surface area (Å²) in [5, 5.41) is 3.33. The number of hydrogen-bond acceptors (Lipinski definition) is 3. The molecule has 3 nitrogen and oxygen atoms in total. The Kier molecular flexibility index (Phi) is 3.79. The van der Waals surface area contributed by atoms with Gasteiger partial charge in [0.05, 0.1) is 6.10 Å². The lowest BCUT2D eigenvalue weighted by molar-refractivity contribution is 0.0656. The van der Waals surface area contributed by atoms with Crippen molar-refractivity contribution in [2.45, 2.75) is 25.9 Å². The molecule has 0 amide bonds. The van der Waals surface area contributed by atoms with Gasteiger partial charge in [-0.25, -0.2) is 0 Å². The molecule has 14 heavy (non-hydrogen) atoms. The number of hydrogen-bond donors (Lipinski definition) is 1. The Morgan fingerprint density at radius 1 is 1.36 bits per heavy atom. The van der Waals surface area contributed by atoms with Crippen molar-refractivity contribution in [1.29, 1.82) is 0 Å². The number of nitrogens with one attached hydrogen (secondary N) is 1. The highest BCUT2D eigenvalue weighted by atomic mass is 16.5. The number of likely N-dealkylation sites (N-methyl/N-ethyl adjacent to an activating group) is 1. The van der Waals surface area contributed by atoms with Crippen LogP contribution in [-0.4, -0.2) is 50.3 Å². The first-order chi connectivity index (χ1) is 6.88. The van der Waals surface area contributed by atoms with E-state index in [0.717, 1.165) is 25.6 Å². The summed E-state index contributed by atoms with van der Waals surface area (Å²) in [6, 6.07) is 0. The summed E-state index contributed by atoms with van der Waals surface area (Å²) in [6.07, 6.45) is 3.04. The maximum atomic E-state index is 5.66. The Bertz CT molecular complexity index is 165. The van der Waals surface area contributed by atoms with E-state index in [1.54, 1.807) is 0 Å². The number of nitrogens with zero attached hydrogens (tertiary/aromatic N) is 1. The molecule has 0 aliphatic carbocycles. The van der Waals surface area contributed by atoms with Crippen molar-refractivity contribution < 1.29 is 4.74 Å². The molecule has 2 fully saturated rings. The lowest BCUT2D eigenvalue weighted by Crippen LogP contribution is -2.49. The van der Waals surface area contributed by atoms with Gasteiger partial charge in [-0.15, -0.1) is 0 Å². The van der Waals surface area contributed by atoms with Crippen molar-refractivity contribution in [3.05, 3.63) is 0 Å². The zero-order valence-corrected chi connectivity index (χ0v) is 9.17. The molecule has 1 atom stereocenters. The van der Waals surface area contributed by atoms with Gasteiger partial charge in [0.2, 0.25) is 0 Å². The Morgan fingerprint density at radius 3 is 2.71 bits per heavy atom. The first kappa shape index (κ1) is 10.4. The smallest absolute Gasteiger partial charge is 0.0702 e. The van der Waals surface area contributed by atoms with E-state index in [4.69, 9.17) is 4.74 Å². The second-order valence-corrected chi connectivity index (χ2v) is 4.51. The highest BCUT2D eigenvalue weighted by Gasteiger charge is 2.23. The fraction of sp³-hybridized carbons (Fsp3) is 1.00. The van der Waals surface area contributed by atoms with Crippen molar-refractivity contribution in [3.8, 4) is 0 Å². The fourth-order valence-electron chi connectivity index (χ4n) is 2.25. The van der Waals surface area contributed by atoms with Crippen molar-refractivity contribution in [1.82, 2.24) is 10.2 Å². The molecule has 2 heterocycles. The molecule has 2 aliphatic rings. The molecule has 0 bridgehead atoms. The highest BCUT2D eigenvalue weighted by Crippen LogP contribution is 2.14. The predicted octanol–water partition coefficient (Wildman–Crippen LogP) is 0.707. The van der Waals surface area contributed by atoms with Gasteiger partial charge < -0.3 is 15.0 Å². The summed E-state index contributed by atoms with van der Waals surface area (Å²) < 4.78 is 5.66. The van der Waals surface area contributed by atoms with Gasteiger partial charge in [0.15, 0.2) is 0 Å². The summed E-state index contributed by atoms with van der Waals surface area (Å²) in [5.74, 6) is 0.886. The van der Waals surface area contributed by atoms with E-state index in [0.29, 0.717) is 6.10 Å². The minimum atomic E-state index is 0.517. The van der Waals surface area contributed by atoms with E-state index in [1.165, 1.54) is 32.5 Å². The van der Waals surface area contributed by atoms with Gasteiger partial charge in [0.25, 0.3) is 0 Å². The van der Waals surface area contributed by atoms with Crippen LogP contribution in [0.5, 0.6) is 0 Å². The van der Waals surface area contributed by atoms with Gasteiger partial charge in [-0.1, -0.05) is 6.92 Å². The van der Waals surface area contributed by atoms with Gasteiger partial charge in [-0.3, -0.25) is 0 Å². The molecule has 2 saturated heterocycles. The Hall–Kier alpha value is -0.120. The molecule has 0 spiro atoms. The van der Waals surface area contributed by atoms with Crippen molar-refractivity contribution in [3.63, 3.8) is 0 Å². The normalized spacial score (nSPS) is 28.3. The van der Waals surface area contributed by atoms with Crippen LogP contribution in [0.25, 0.3) is 0 Å². The van der Waals surface area contributed by atoms with Crippen LogP contribution in [0, 0.1) is 5.92 Å². The Labute approximate surface area is 86.8 Å². The Morgan fingerprint density at radius 2 is 2.21 bits per heavy atom. The van der Waals surface area contributed by atoms with Crippen LogP contribution in [0.4, 0.5) is 0 Å². The van der Waals surface area contributed by atoms with Crippen LogP contribution in [-0.2, 0) is 4.74 Å². The van der Waals surface area contributed by atoms with E-state index in [2.05, 4.69) is 17.1 Å². The van der Waals surface area contributed by atoms with Crippen molar-refractivity contribution in [2.24, 2.45) is 5.92 Å². The zero-order chi connectivity index (χ0) is 9.80. The first-order valence-corrected chi connectivity index (χ1v) is 5.93. The van der Waals surface area contributed by atoms with Gasteiger partial charge in [0.1, 0.15) is 0 Å². The molecule has 82 valence electrons. The van der Waals surface area contributed by atoms with E-state index in [1.807, 2.05) is 0 Å². The van der Waals surface area contributed by atoms with Crippen molar-refractivity contribution >= 4 is 0 Å². The van der Waals surface area contributed by atoms with Crippen LogP contribution < -0.4 is 5.32 Å². The molecule has 3 heteroatoms. The SMILES string of the molecule is CCN(CC1CNC1)CC1CCCO1. The topological polar surface area (TPSA) is 24.5 Å². The summed E-state index contributed by atoms with van der Waals surface area (Å²) in [5.41, 5.74) is 0. The van der Waals surface area contributed by atoms with E-state index in [9.17, 15) is 0 Å². The summed E-state index contributed by atoms with van der Waals surface area (Å²) in [6.45, 7) is 9.21. The van der Waals surface area contributed by atoms with Crippen LogP contribution in [0.2, 0.25) is 0 Å². The maximum Gasteiger partial charge on any atom is 0.0702 e. The molecule has 1 unspecified atom stereocenters. The third-order valence-corrected chi connectivity index (χ3v) is 3.32. The molecular formula is C11H22N2O. The van der Waals surface area contributed by atoms with Crippen LogP contribution in [0.3, 0.4) is 0 Å². The Balaban J connectivity index is 1.68. The van der Waals surface area contributed by atoms with Crippen molar-refractivity contribution in [2.75, 3.05) is 39.3 Å². The summed E-state index contributed by atoms with van der Waals surface area (Å²) in [4.78, 5) is 2.54. The molecular weight excluding hydrogens is 176 g/mol. The van der Waals surface area contributed by atoms with Crippen LogP contribution >= 0.6 is 0 Å². The second kappa shape index (κ2) is 5.10. The second-order valence-electron chi connectivity index (χ2n) is 4.51. The minimum absolute atomic E-state index is 0.517. The monoisotopic (exact) mass is 198 g/mol. The minimum Gasteiger partial charge on any atom is -0.377 e. The molecule has 0 aromatic rings. The van der Waals surface area contributed by atoms with Crippen LogP contribution in [0.1, 0.15) is 19.8 Å². The molecule has 2 aliphatic heterocycles. The zero-order valence-electron chi connectivity index (χ0n) is 9.17. The predicted molar refractivity (Wildman–Crippen MR) is 57.4 cm³/mol. The molecule has 2 rings (SSSR count). The third kappa shape index (κ3) is 2.69. The largest absolute Gasteiger partial charge is 0.377 e. The average Bonchev–Trinajstić information content (AvgIpc) is 2.61. The number of rotatable bonds is 5. The standard InChI is InChI=1S/C11H22N2O/c1-2-13(8-10-6-12-7-10)9-11-4-3-5-14-11/h10-12H,2-9H2,1H3. The van der Waals surface area contributed by atoms with Gasteiger partial charge in [0, 0.05) is 32.8 Å². The van der Waals surface area contributed by atoms with Gasteiger partial charge in [-0.2, -0.15) is 0 Å². The average molecular weight is 198 g/mol. The highest BCUT2D eigenvalue weighted by molar-refractivity contribution is 4.79. The summed E-state index contributed by atoms with van der Waals surface area (Å²) in [7, 11) is 0. The fourth-order valence-corrected chi connectivity index (χ4v) is 2.25. The molecule has 1 N–H and O–H groups in total. The molecule has 0 aromatic heterocycles. The van der Waals surface area contributed by atoms with E-state index in [-0.39, 0.29) is 0 Å². The third-order valence-electron chi connectivity index (χ3n) is 3.32. The quantitative estimate of drug-likeness (QED) is 0.704. The van der Waals surface area contributed by atoms with E-state index < -0.39 is 0 Å². The van der Waals surface area contributed by atoms with Gasteiger partial charge >= 0.3 is 0 Å². The molecule has 0 aromatic carbocycles. The van der Waals surface area contributed by atoms with Crippen LogP contribution in [0.15, 0.2) is 0 Å². The van der Waals surface area contributed by atoms with E-state index >= 15 is 0 Å².